The predicted octanol–water partition coefficient (Wildman–Crippen LogP) is 3.57. The monoisotopic (exact) mass is 358 g/mol. The van der Waals surface area contributed by atoms with Gasteiger partial charge in [0.1, 0.15) is 11.6 Å². The molecule has 1 aromatic heterocycles. The first-order chi connectivity index (χ1) is 12.8. The third-order valence-corrected chi connectivity index (χ3v) is 6.45. The molecule has 0 unspecified atom stereocenters. The van der Waals surface area contributed by atoms with E-state index in [0.717, 1.165) is 43.2 Å². The zero-order valence-corrected chi connectivity index (χ0v) is 16.3. The van der Waals surface area contributed by atoms with E-state index < -0.39 is 0 Å². The molecule has 0 aromatic carbocycles. The maximum atomic E-state index is 5.51. The molecule has 3 fully saturated rings. The minimum atomic E-state index is 0.611. The first kappa shape index (κ1) is 18.2. The van der Waals surface area contributed by atoms with Crippen LogP contribution in [-0.2, 0) is 11.2 Å². The van der Waals surface area contributed by atoms with Crippen LogP contribution in [0.4, 0.5) is 5.82 Å². The summed E-state index contributed by atoms with van der Waals surface area (Å²) in [6.07, 6.45) is 11.4. The van der Waals surface area contributed by atoms with Crippen molar-refractivity contribution in [3.63, 3.8) is 0 Å². The molecule has 26 heavy (non-hydrogen) atoms. The number of nitrogens with one attached hydrogen (secondary N) is 1. The number of hydrogen-bond donors (Lipinski definition) is 1. The van der Waals surface area contributed by atoms with Crippen molar-refractivity contribution in [3.05, 3.63) is 17.6 Å². The minimum Gasteiger partial charge on any atom is -0.381 e. The molecule has 2 aliphatic heterocycles. The van der Waals surface area contributed by atoms with Gasteiger partial charge in [-0.05, 0) is 70.9 Å². The first-order valence-corrected chi connectivity index (χ1v) is 10.7. The minimum absolute atomic E-state index is 0.611. The molecule has 5 nitrogen and oxygen atoms in total. The summed E-state index contributed by atoms with van der Waals surface area (Å²) >= 11 is 0. The highest BCUT2D eigenvalue weighted by Gasteiger charge is 2.27. The fourth-order valence-corrected chi connectivity index (χ4v) is 4.96. The number of anilines is 1. The van der Waals surface area contributed by atoms with Crippen LogP contribution < -0.4 is 5.32 Å². The molecule has 0 radical (unpaired) electrons. The fourth-order valence-electron chi connectivity index (χ4n) is 4.96. The van der Waals surface area contributed by atoms with Gasteiger partial charge < -0.3 is 15.0 Å². The number of aryl methyl sites for hydroxylation is 1. The van der Waals surface area contributed by atoms with Gasteiger partial charge in [0.2, 0.25) is 0 Å². The quantitative estimate of drug-likeness (QED) is 0.872. The molecule has 2 saturated heterocycles. The van der Waals surface area contributed by atoms with Crippen LogP contribution in [0.2, 0.25) is 0 Å². The molecular weight excluding hydrogens is 324 g/mol. The normalized spacial score (nSPS) is 24.2. The van der Waals surface area contributed by atoms with E-state index >= 15 is 0 Å². The number of likely N-dealkylation sites (tertiary alicyclic amines) is 1. The molecule has 4 rings (SSSR count). The van der Waals surface area contributed by atoms with Crippen LogP contribution in [-0.4, -0.2) is 53.3 Å². The molecule has 1 aliphatic carbocycles. The second-order valence-electron chi connectivity index (χ2n) is 8.44. The number of ether oxygens (including phenoxy) is 1. The van der Waals surface area contributed by atoms with Crippen molar-refractivity contribution in [2.24, 2.45) is 5.92 Å². The third kappa shape index (κ3) is 4.74. The first-order valence-electron chi connectivity index (χ1n) is 10.7. The fraction of sp³-hybridized carbons (Fsp3) is 0.810. The van der Waals surface area contributed by atoms with Crippen molar-refractivity contribution in [1.29, 1.82) is 0 Å². The Kier molecular flexibility index (Phi) is 6.05. The van der Waals surface area contributed by atoms with Crippen LogP contribution in [0.15, 0.2) is 6.07 Å². The maximum absolute atomic E-state index is 5.51. The summed E-state index contributed by atoms with van der Waals surface area (Å²) in [6.45, 7) is 6.40. The van der Waals surface area contributed by atoms with E-state index in [1.807, 2.05) is 6.92 Å². The highest BCUT2D eigenvalue weighted by Crippen LogP contribution is 2.26. The van der Waals surface area contributed by atoms with Crippen molar-refractivity contribution in [2.75, 3.05) is 31.6 Å². The number of aromatic nitrogens is 2. The summed E-state index contributed by atoms with van der Waals surface area (Å²) in [6, 6.07) is 3.57. The average molecular weight is 359 g/mol. The average Bonchev–Trinajstić information content (AvgIpc) is 3.15. The van der Waals surface area contributed by atoms with Crippen LogP contribution in [0.5, 0.6) is 0 Å². The van der Waals surface area contributed by atoms with Gasteiger partial charge >= 0.3 is 0 Å². The van der Waals surface area contributed by atoms with E-state index in [2.05, 4.69) is 21.3 Å². The van der Waals surface area contributed by atoms with Gasteiger partial charge in [0.15, 0.2) is 0 Å². The molecule has 144 valence electrons. The Balaban J connectivity index is 1.30. The Bertz CT molecular complexity index is 573. The lowest BCUT2D eigenvalue weighted by Gasteiger charge is -2.39. The Morgan fingerprint density at radius 1 is 1.04 bits per heavy atom. The number of rotatable bonds is 5. The second kappa shape index (κ2) is 8.66. The Labute approximate surface area is 157 Å². The van der Waals surface area contributed by atoms with Crippen molar-refractivity contribution in [1.82, 2.24) is 14.9 Å². The van der Waals surface area contributed by atoms with E-state index in [1.54, 1.807) is 0 Å². The molecule has 0 bridgehead atoms. The van der Waals surface area contributed by atoms with Gasteiger partial charge in [0.05, 0.1) is 0 Å². The summed E-state index contributed by atoms with van der Waals surface area (Å²) in [4.78, 5) is 12.1. The van der Waals surface area contributed by atoms with Gasteiger partial charge in [-0.2, -0.15) is 0 Å². The zero-order chi connectivity index (χ0) is 17.8. The van der Waals surface area contributed by atoms with Gasteiger partial charge in [-0.3, -0.25) is 0 Å². The van der Waals surface area contributed by atoms with Crippen LogP contribution >= 0.6 is 0 Å². The topological polar surface area (TPSA) is 50.3 Å². The van der Waals surface area contributed by atoms with Gasteiger partial charge in [0.25, 0.3) is 0 Å². The van der Waals surface area contributed by atoms with Crippen LogP contribution in [0, 0.1) is 12.8 Å². The summed E-state index contributed by atoms with van der Waals surface area (Å²) in [5.41, 5.74) is 1.22. The van der Waals surface area contributed by atoms with Crippen LogP contribution in [0.1, 0.15) is 62.9 Å². The lowest BCUT2D eigenvalue weighted by molar-refractivity contribution is 0.0211. The zero-order valence-electron chi connectivity index (χ0n) is 16.3. The van der Waals surface area contributed by atoms with Gasteiger partial charge in [-0.25, -0.2) is 9.97 Å². The van der Waals surface area contributed by atoms with Crippen molar-refractivity contribution in [3.8, 4) is 0 Å². The summed E-state index contributed by atoms with van der Waals surface area (Å²) in [5.74, 6) is 2.71. The standard InChI is InChI=1S/C21H34N4O/c1-16-22-19(15-21(23-16)24-18-4-2-3-5-18)14-17-6-10-25(11-7-17)20-8-12-26-13-9-20/h15,17-18,20H,2-14H2,1H3,(H,22,23,24). The second-order valence-corrected chi connectivity index (χ2v) is 8.44. The van der Waals surface area contributed by atoms with E-state index in [9.17, 15) is 0 Å². The molecule has 0 spiro atoms. The molecule has 3 aliphatic rings. The number of hydrogen-bond acceptors (Lipinski definition) is 5. The maximum Gasteiger partial charge on any atom is 0.130 e. The Morgan fingerprint density at radius 3 is 2.50 bits per heavy atom. The lowest BCUT2D eigenvalue weighted by atomic mass is 9.90. The Hall–Kier alpha value is -1.20. The SMILES string of the molecule is Cc1nc(CC2CCN(C3CCOCC3)CC2)cc(NC2CCCC2)n1. The molecule has 3 heterocycles. The summed E-state index contributed by atoms with van der Waals surface area (Å²) in [5, 5.41) is 3.64. The molecular formula is C21H34N4O. The molecule has 0 atom stereocenters. The van der Waals surface area contributed by atoms with Crippen LogP contribution in [0.25, 0.3) is 0 Å². The van der Waals surface area contributed by atoms with E-state index in [-0.39, 0.29) is 0 Å². The van der Waals surface area contributed by atoms with E-state index in [0.29, 0.717) is 6.04 Å². The summed E-state index contributed by atoms with van der Waals surface area (Å²) in [7, 11) is 0. The highest BCUT2D eigenvalue weighted by atomic mass is 16.5. The van der Waals surface area contributed by atoms with Crippen LogP contribution in [0.3, 0.4) is 0 Å². The molecule has 1 N–H and O–H groups in total. The smallest absolute Gasteiger partial charge is 0.130 e. The molecule has 5 heteroatoms. The van der Waals surface area contributed by atoms with Crippen molar-refractivity contribution < 1.29 is 4.74 Å². The van der Waals surface area contributed by atoms with Crippen molar-refractivity contribution in [2.45, 2.75) is 76.8 Å². The number of piperidine rings is 1. The Morgan fingerprint density at radius 2 is 1.77 bits per heavy atom. The predicted molar refractivity (Wildman–Crippen MR) is 104 cm³/mol. The van der Waals surface area contributed by atoms with Gasteiger partial charge in [-0.1, -0.05) is 12.8 Å². The lowest BCUT2D eigenvalue weighted by Crippen LogP contribution is -2.44. The molecule has 1 aromatic rings. The van der Waals surface area contributed by atoms with Gasteiger partial charge in [0, 0.05) is 37.1 Å². The van der Waals surface area contributed by atoms with E-state index in [4.69, 9.17) is 9.72 Å². The third-order valence-electron chi connectivity index (χ3n) is 6.45. The van der Waals surface area contributed by atoms with Gasteiger partial charge in [-0.15, -0.1) is 0 Å². The van der Waals surface area contributed by atoms with Crippen molar-refractivity contribution >= 4 is 5.82 Å². The number of nitrogens with zero attached hydrogens (tertiary/aromatic N) is 3. The summed E-state index contributed by atoms with van der Waals surface area (Å²) < 4.78 is 5.51. The van der Waals surface area contributed by atoms with E-state index in [1.165, 1.54) is 70.2 Å². The molecule has 0 amide bonds. The largest absolute Gasteiger partial charge is 0.381 e. The highest BCUT2D eigenvalue weighted by molar-refractivity contribution is 5.37. The molecule has 1 saturated carbocycles.